The van der Waals surface area contributed by atoms with Crippen molar-refractivity contribution in [2.45, 2.75) is 33.1 Å². The largest absolute Gasteiger partial charge is 0.232 e. The second-order valence-corrected chi connectivity index (χ2v) is 3.21. The maximum absolute atomic E-state index is 9.41. The van der Waals surface area contributed by atoms with Gasteiger partial charge in [0.1, 0.15) is 10.7 Å². The lowest BCUT2D eigenvalue weighted by atomic mass is 10.3. The first-order valence-electron chi connectivity index (χ1n) is 3.67. The minimum Gasteiger partial charge on any atom is -0.232 e. The van der Waals surface area contributed by atoms with Gasteiger partial charge in [-0.05, 0) is 6.42 Å². The van der Waals surface area contributed by atoms with E-state index in [-0.39, 0.29) is 5.75 Å². The fourth-order valence-electron chi connectivity index (χ4n) is 0.256. The summed E-state index contributed by atoms with van der Waals surface area (Å²) < 4.78 is 18.8. The summed E-state index contributed by atoms with van der Waals surface area (Å²) in [7, 11) is -2.10. The van der Waals surface area contributed by atoms with Crippen LogP contribution >= 0.6 is 0 Å². The monoisotopic (exact) mass is 177 g/mol. The summed E-state index contributed by atoms with van der Waals surface area (Å²) in [5.41, 5.74) is 0. The smallest absolute Gasteiger partial charge is 0.139 e. The van der Waals surface area contributed by atoms with E-state index < -0.39 is 10.7 Å². The molecule has 0 aliphatic heterocycles. The summed E-state index contributed by atoms with van der Waals surface area (Å²) in [6, 6.07) is 2.07. The number of thiol groups is 1. The van der Waals surface area contributed by atoms with Gasteiger partial charge in [-0.3, -0.25) is 0 Å². The lowest BCUT2D eigenvalue weighted by Crippen LogP contribution is -1.73. The molecule has 0 spiro atoms. The Bertz CT molecular complexity index is 162. The molecule has 0 atom stereocenters. The molecule has 0 N–H and O–H groups in total. The van der Waals surface area contributed by atoms with E-state index in [0.717, 1.165) is 19.3 Å². The van der Waals surface area contributed by atoms with Crippen LogP contribution in [0.15, 0.2) is 0 Å². The Morgan fingerprint density at radius 1 is 1.36 bits per heavy atom. The summed E-state index contributed by atoms with van der Waals surface area (Å²) in [5, 5.41) is 7.95. The summed E-state index contributed by atoms with van der Waals surface area (Å²) in [5.74, 6) is 0.259. The van der Waals surface area contributed by atoms with Crippen LogP contribution in [0.3, 0.4) is 0 Å². The highest BCUT2D eigenvalue weighted by molar-refractivity contribution is 7.72. The number of hydrogen-bond donors (Lipinski definition) is 1. The Morgan fingerprint density at radius 3 is 1.91 bits per heavy atom. The molecule has 0 saturated heterocycles. The number of hydrogen-bond acceptors (Lipinski definition) is 3. The van der Waals surface area contributed by atoms with Crippen molar-refractivity contribution < 1.29 is 8.42 Å². The number of rotatable bonds is 3. The molecule has 0 aliphatic rings. The first-order chi connectivity index (χ1) is 5.18. The van der Waals surface area contributed by atoms with Crippen molar-refractivity contribution in [2.24, 2.45) is 0 Å². The van der Waals surface area contributed by atoms with Crippen LogP contribution in [0.5, 0.6) is 0 Å². The number of unbranched alkanes of at least 4 members (excludes halogenated alkanes) is 2. The summed E-state index contributed by atoms with van der Waals surface area (Å²) in [4.78, 5) is 0. The third-order valence-electron chi connectivity index (χ3n) is 0.900. The molecule has 0 aromatic heterocycles. The van der Waals surface area contributed by atoms with Crippen LogP contribution in [0.1, 0.15) is 33.1 Å². The van der Waals surface area contributed by atoms with E-state index in [4.69, 9.17) is 5.26 Å². The van der Waals surface area contributed by atoms with Crippen LogP contribution in [0, 0.1) is 11.3 Å². The molecule has 0 heterocycles. The minimum atomic E-state index is -2.10. The van der Waals surface area contributed by atoms with Crippen molar-refractivity contribution in [3.8, 4) is 6.07 Å². The third-order valence-corrected chi connectivity index (χ3v) is 1.42. The van der Waals surface area contributed by atoms with Crippen molar-refractivity contribution in [2.75, 3.05) is 5.75 Å². The lowest BCUT2D eigenvalue weighted by Gasteiger charge is -1.77. The molecule has 3 nitrogen and oxygen atoms in total. The molecule has 0 bridgehead atoms. The molecule has 0 saturated carbocycles. The highest BCUT2D eigenvalue weighted by Gasteiger charge is 1.74. The van der Waals surface area contributed by atoms with Crippen LogP contribution in [-0.2, 0) is 10.7 Å². The van der Waals surface area contributed by atoms with Gasteiger partial charge < -0.3 is 0 Å². The maximum Gasteiger partial charge on any atom is 0.139 e. The Hall–Kier alpha value is -0.560. The van der Waals surface area contributed by atoms with Crippen LogP contribution in [0.2, 0.25) is 0 Å². The van der Waals surface area contributed by atoms with E-state index in [0.29, 0.717) is 0 Å². The van der Waals surface area contributed by atoms with Crippen molar-refractivity contribution in [3.63, 3.8) is 0 Å². The third kappa shape index (κ3) is 26.5. The van der Waals surface area contributed by atoms with E-state index >= 15 is 0 Å². The Balaban J connectivity index is 0. The molecule has 0 aromatic rings. The number of nitriles is 1. The van der Waals surface area contributed by atoms with E-state index in [1.54, 1.807) is 6.92 Å². The molecule has 0 rings (SSSR count). The van der Waals surface area contributed by atoms with Crippen LogP contribution < -0.4 is 0 Å². The standard InChI is InChI=1S/C5H9N.C2H6O2S/c1-2-3-4-5-6;1-2-5(3)4/h2-4H2,1H3;5H,2H2,1H3. The molecule has 0 amide bonds. The predicted octanol–water partition coefficient (Wildman–Crippen LogP) is 1.32. The lowest BCUT2D eigenvalue weighted by molar-refractivity contribution is 0.615. The fraction of sp³-hybridized carbons (Fsp3) is 0.857. The average Bonchev–Trinajstić information content (AvgIpc) is 2.02. The Kier molecular flexibility index (Phi) is 14.4. The molecule has 66 valence electrons. The molecule has 0 unspecified atom stereocenters. The molecule has 0 aliphatic carbocycles. The molecular weight excluding hydrogens is 162 g/mol. The van der Waals surface area contributed by atoms with Crippen LogP contribution in [-0.4, -0.2) is 14.2 Å². The molecule has 11 heavy (non-hydrogen) atoms. The van der Waals surface area contributed by atoms with Gasteiger partial charge in [0.15, 0.2) is 0 Å². The van der Waals surface area contributed by atoms with Gasteiger partial charge in [-0.2, -0.15) is 5.26 Å². The van der Waals surface area contributed by atoms with E-state index in [2.05, 4.69) is 13.0 Å². The molecule has 0 fully saturated rings. The maximum atomic E-state index is 9.41. The van der Waals surface area contributed by atoms with E-state index in [9.17, 15) is 8.42 Å². The second kappa shape index (κ2) is 12.1. The first-order valence-corrected chi connectivity index (χ1v) is 5.04. The van der Waals surface area contributed by atoms with Crippen molar-refractivity contribution >= 4 is 10.7 Å². The minimum absolute atomic E-state index is 0.259. The van der Waals surface area contributed by atoms with Gasteiger partial charge in [0.25, 0.3) is 0 Å². The van der Waals surface area contributed by atoms with Crippen molar-refractivity contribution in [3.05, 3.63) is 0 Å². The summed E-state index contributed by atoms with van der Waals surface area (Å²) in [6.07, 6.45) is 2.90. The zero-order valence-corrected chi connectivity index (χ0v) is 7.93. The Morgan fingerprint density at radius 2 is 1.82 bits per heavy atom. The van der Waals surface area contributed by atoms with Gasteiger partial charge in [-0.25, -0.2) is 8.42 Å². The van der Waals surface area contributed by atoms with Crippen molar-refractivity contribution in [1.82, 2.24) is 0 Å². The summed E-state index contributed by atoms with van der Waals surface area (Å²) >= 11 is 0. The fourth-order valence-corrected chi connectivity index (χ4v) is 0.256. The highest BCUT2D eigenvalue weighted by Crippen LogP contribution is 1.88. The van der Waals surface area contributed by atoms with Gasteiger partial charge in [0.05, 0.1) is 6.07 Å². The zero-order valence-electron chi connectivity index (χ0n) is 7.04. The highest BCUT2D eigenvalue weighted by atomic mass is 32.2. The van der Waals surface area contributed by atoms with Gasteiger partial charge in [-0.1, -0.05) is 20.3 Å². The topological polar surface area (TPSA) is 57.9 Å². The second-order valence-electron chi connectivity index (χ2n) is 1.91. The molecule has 0 aromatic carbocycles. The van der Waals surface area contributed by atoms with E-state index in [1.807, 2.05) is 0 Å². The van der Waals surface area contributed by atoms with Crippen LogP contribution in [0.25, 0.3) is 0 Å². The van der Waals surface area contributed by atoms with Crippen LogP contribution in [0.4, 0.5) is 0 Å². The van der Waals surface area contributed by atoms with Gasteiger partial charge in [0, 0.05) is 12.2 Å². The quantitative estimate of drug-likeness (QED) is 0.522. The average molecular weight is 177 g/mol. The Labute approximate surface area is 70.0 Å². The first kappa shape index (κ1) is 13.1. The SMILES string of the molecule is CCCCC#N.CC[SH](=O)=O. The summed E-state index contributed by atoms with van der Waals surface area (Å²) in [6.45, 7) is 3.68. The predicted molar refractivity (Wildman–Crippen MR) is 46.0 cm³/mol. The zero-order chi connectivity index (χ0) is 9.11. The normalized spacial score (nSPS) is 8.18. The molecular formula is C7H15NO2S. The van der Waals surface area contributed by atoms with Gasteiger partial charge >= 0.3 is 0 Å². The van der Waals surface area contributed by atoms with Gasteiger partial charge in [-0.15, -0.1) is 0 Å². The number of nitrogens with zero attached hydrogens (tertiary/aromatic N) is 1. The molecule has 4 heteroatoms. The van der Waals surface area contributed by atoms with Gasteiger partial charge in [0.2, 0.25) is 0 Å². The van der Waals surface area contributed by atoms with Crippen molar-refractivity contribution in [1.29, 1.82) is 5.26 Å². The van der Waals surface area contributed by atoms with E-state index in [1.165, 1.54) is 0 Å². The molecule has 0 radical (unpaired) electrons.